The van der Waals surface area contributed by atoms with Gasteiger partial charge in [-0.25, -0.2) is 0 Å². The van der Waals surface area contributed by atoms with Crippen LogP contribution in [0.2, 0.25) is 0 Å². The Balaban J connectivity index is -0.0000000771. The molecule has 0 atom stereocenters. The molecule has 0 spiro atoms. The van der Waals surface area contributed by atoms with Gasteiger partial charge >= 0.3 is 0 Å². The average molecular weight is 162 g/mol. The van der Waals surface area contributed by atoms with Crippen LogP contribution in [0.25, 0.3) is 0 Å². The van der Waals surface area contributed by atoms with Crippen LogP contribution in [0, 0.1) is 0 Å². The molecule has 0 unspecified atom stereocenters. The smallest absolute Gasteiger partial charge is 0.0311 e. The lowest BCUT2D eigenvalue weighted by atomic mass is 13.0. The van der Waals surface area contributed by atoms with Crippen molar-refractivity contribution in [2.45, 2.75) is 0 Å². The van der Waals surface area contributed by atoms with Gasteiger partial charge in [-0.2, -0.15) is 11.7 Å². The third-order valence-electron chi connectivity index (χ3n) is 0. The highest BCUT2D eigenvalue weighted by Crippen LogP contribution is 1.57. The van der Waals surface area contributed by atoms with Crippen molar-refractivity contribution in [3.63, 3.8) is 0 Å². The third-order valence-corrected chi connectivity index (χ3v) is 0. The maximum absolute atomic E-state index is 8.52. The molecular formula is H10N4O4S. The molecule has 0 aliphatic heterocycles. The van der Waals surface area contributed by atoms with Crippen LogP contribution in [0.5, 0.6) is 0 Å². The number of nitrogens with two attached hydrogens (primary N) is 2. The minimum absolute atomic E-state index is 2.75. The van der Waals surface area contributed by atoms with Gasteiger partial charge in [-0.15, -0.1) is 0 Å². The molecule has 0 aliphatic rings. The highest BCUT2D eigenvalue weighted by molar-refractivity contribution is 7.79. The lowest BCUT2D eigenvalue weighted by Crippen LogP contribution is -2.59. The largest absolute Gasteiger partial charge is 0.759 e. The van der Waals surface area contributed by atoms with Gasteiger partial charge in [-0.05, 0) is 0 Å². The van der Waals surface area contributed by atoms with E-state index in [0.717, 1.165) is 0 Å². The second kappa shape index (κ2) is 10.6. The summed E-state index contributed by atoms with van der Waals surface area (Å²) < 4.78 is 34.1. The zero-order chi connectivity index (χ0) is 8.50. The lowest BCUT2D eigenvalue weighted by Gasteiger charge is -2.06. The summed E-state index contributed by atoms with van der Waals surface area (Å²) in [6, 6.07) is 0. The third kappa shape index (κ3) is 2990. The van der Waals surface area contributed by atoms with E-state index in [4.69, 9.17) is 17.5 Å². The van der Waals surface area contributed by atoms with E-state index in [2.05, 4.69) is 23.4 Å². The van der Waals surface area contributed by atoms with E-state index in [9.17, 15) is 0 Å². The molecule has 0 saturated heterocycles. The van der Waals surface area contributed by atoms with E-state index in [1.807, 2.05) is 0 Å². The Hall–Kier alpha value is -0.290. The van der Waals surface area contributed by atoms with E-state index in [0.29, 0.717) is 0 Å². The molecule has 0 aromatic rings. The van der Waals surface area contributed by atoms with Gasteiger partial charge in [-0.3, -0.25) is 20.1 Å². The van der Waals surface area contributed by atoms with Crippen LogP contribution in [-0.2, 0) is 10.4 Å². The summed E-state index contributed by atoms with van der Waals surface area (Å²) >= 11 is 0. The minimum Gasteiger partial charge on any atom is -0.759 e. The summed E-state index contributed by atoms with van der Waals surface area (Å²) in [5, 5.41) is 0. The van der Waals surface area contributed by atoms with Crippen LogP contribution in [0.3, 0.4) is 0 Å². The number of quaternary nitrogens is 2. The van der Waals surface area contributed by atoms with Gasteiger partial charge in [0.2, 0.25) is 0 Å². The topological polar surface area (TPSA) is 188 Å². The molecule has 0 radical (unpaired) electrons. The van der Waals surface area contributed by atoms with Gasteiger partial charge in [0, 0.05) is 10.4 Å². The van der Waals surface area contributed by atoms with E-state index < -0.39 is 10.4 Å². The first-order valence-corrected chi connectivity index (χ1v) is 2.82. The van der Waals surface area contributed by atoms with Crippen molar-refractivity contribution in [3.8, 4) is 0 Å². The quantitative estimate of drug-likeness (QED) is 0.119. The van der Waals surface area contributed by atoms with Crippen LogP contribution in [0.15, 0.2) is 0 Å². The number of rotatable bonds is 0. The summed E-state index contributed by atoms with van der Waals surface area (Å²) in [5.41, 5.74) is 0. The van der Waals surface area contributed by atoms with Gasteiger partial charge < -0.3 is 9.11 Å². The molecule has 0 heterocycles. The predicted molar refractivity (Wildman–Crippen MR) is 24.6 cm³/mol. The Morgan fingerprint density at radius 2 is 1.00 bits per heavy atom. The second-order valence-electron chi connectivity index (χ2n) is 0.408. The zero-order valence-corrected chi connectivity index (χ0v) is 5.43. The van der Waals surface area contributed by atoms with Crippen molar-refractivity contribution in [1.82, 2.24) is 0 Å². The molecular weight excluding hydrogens is 152 g/mol. The molecule has 0 rings (SSSR count). The van der Waals surface area contributed by atoms with Crippen molar-refractivity contribution in [2.24, 2.45) is 11.7 Å². The van der Waals surface area contributed by atoms with Gasteiger partial charge in [0.25, 0.3) is 0 Å². The Bertz CT molecular complexity index is 95.7. The van der Waals surface area contributed by atoms with E-state index in [1.54, 1.807) is 0 Å². The van der Waals surface area contributed by atoms with Gasteiger partial charge in [0.15, 0.2) is 0 Å². The summed E-state index contributed by atoms with van der Waals surface area (Å²) in [6.45, 7) is 0. The zero-order valence-electron chi connectivity index (χ0n) is 4.61. The Morgan fingerprint density at radius 1 is 1.00 bits per heavy atom. The van der Waals surface area contributed by atoms with Gasteiger partial charge in [0.1, 0.15) is 0 Å². The molecule has 0 aromatic carbocycles. The first kappa shape index (κ1) is 15.9. The van der Waals surface area contributed by atoms with Crippen molar-refractivity contribution in [2.75, 3.05) is 0 Å². The molecule has 10 N–H and O–H groups in total. The monoisotopic (exact) mass is 162 g/mol. The van der Waals surface area contributed by atoms with Gasteiger partial charge in [0.05, 0.1) is 0 Å². The van der Waals surface area contributed by atoms with Crippen molar-refractivity contribution in [3.05, 3.63) is 0 Å². The van der Waals surface area contributed by atoms with Crippen molar-refractivity contribution >= 4 is 10.4 Å². The summed E-state index contributed by atoms with van der Waals surface area (Å²) in [4.78, 5) is 0. The first-order valence-electron chi connectivity index (χ1n) is 1.48. The fourth-order valence-corrected chi connectivity index (χ4v) is 0. The number of hydrogen-bond acceptors (Lipinski definition) is 6. The maximum Gasteiger partial charge on any atom is 0.0311 e. The van der Waals surface area contributed by atoms with E-state index >= 15 is 0 Å². The Labute approximate surface area is 52.3 Å². The molecule has 0 saturated carbocycles. The fraction of sp³-hybridized carbons (Fsp3) is 0. The molecule has 0 fully saturated rings. The van der Waals surface area contributed by atoms with Crippen LogP contribution >= 0.6 is 0 Å². The molecule has 9 heavy (non-hydrogen) atoms. The van der Waals surface area contributed by atoms with Crippen LogP contribution in [0.1, 0.15) is 0 Å². The Kier molecular flexibility index (Phi) is 18.8. The second-order valence-corrected chi connectivity index (χ2v) is 1.22. The summed E-state index contributed by atoms with van der Waals surface area (Å²) in [5.74, 6) is 14.0. The maximum atomic E-state index is 8.52. The highest BCUT2D eigenvalue weighted by Gasteiger charge is 1.49. The average Bonchev–Trinajstić information content (AvgIpc) is 1.72. The van der Waals surface area contributed by atoms with Crippen LogP contribution in [-0.4, -0.2) is 17.5 Å². The van der Waals surface area contributed by atoms with Crippen molar-refractivity contribution in [1.29, 1.82) is 0 Å². The van der Waals surface area contributed by atoms with Gasteiger partial charge in [-0.1, -0.05) is 0 Å². The SMILES string of the molecule is N[NH3+].N[NH3+].O=S(=O)([O-])[O-]. The summed E-state index contributed by atoms with van der Waals surface area (Å²) in [7, 11) is -5.17. The molecule has 0 aromatic heterocycles. The number of hydrogen-bond donors (Lipinski definition) is 4. The molecule has 0 bridgehead atoms. The molecule has 9 heteroatoms. The molecule has 0 aliphatic carbocycles. The van der Waals surface area contributed by atoms with E-state index in [-0.39, 0.29) is 0 Å². The first-order chi connectivity index (χ1) is 4.00. The summed E-state index contributed by atoms with van der Waals surface area (Å²) in [6.07, 6.45) is 0. The van der Waals surface area contributed by atoms with E-state index in [1.165, 1.54) is 0 Å². The van der Waals surface area contributed by atoms with Crippen LogP contribution in [0.4, 0.5) is 0 Å². The predicted octanol–water partition coefficient (Wildman–Crippen LogP) is -5.13. The lowest BCUT2D eigenvalue weighted by molar-refractivity contribution is -0.379. The molecule has 8 nitrogen and oxygen atoms in total. The molecule has 0 amide bonds. The normalized spacial score (nSPS) is 7.78. The molecule has 60 valence electrons. The Morgan fingerprint density at radius 3 is 1.00 bits per heavy atom. The van der Waals surface area contributed by atoms with Crippen molar-refractivity contribution < 1.29 is 29.2 Å². The fourth-order valence-electron chi connectivity index (χ4n) is 0. The minimum atomic E-state index is -5.17. The highest BCUT2D eigenvalue weighted by atomic mass is 32.3. The standard InChI is InChI=1S/2H4N2.H2O4S/c2*1-2;1-5(2,3)4/h2*1-2H2;(H2,1,2,3,4). The van der Waals surface area contributed by atoms with Crippen LogP contribution < -0.4 is 23.4 Å².